The first-order chi connectivity index (χ1) is 12.8. The summed E-state index contributed by atoms with van der Waals surface area (Å²) in [6.45, 7) is 0. The smallest absolute Gasteiger partial charge is 0.267 e. The molecule has 0 bridgehead atoms. The summed E-state index contributed by atoms with van der Waals surface area (Å²) in [5.74, 6) is 0.698. The van der Waals surface area contributed by atoms with E-state index in [0.29, 0.717) is 11.9 Å². The predicted octanol–water partition coefficient (Wildman–Crippen LogP) is 2.86. The summed E-state index contributed by atoms with van der Waals surface area (Å²) in [6, 6.07) is 4.18. The molecule has 26 heavy (non-hydrogen) atoms. The second kappa shape index (κ2) is 6.23. The normalized spacial score (nSPS) is 22.5. The Hall–Kier alpha value is -2.70. The molecule has 0 amide bonds. The molecule has 7 heteroatoms. The van der Waals surface area contributed by atoms with Crippen molar-refractivity contribution in [3.05, 3.63) is 46.2 Å². The number of furan rings is 1. The van der Waals surface area contributed by atoms with Crippen molar-refractivity contribution in [2.45, 2.75) is 57.0 Å². The molecule has 7 nitrogen and oxygen atoms in total. The van der Waals surface area contributed by atoms with Crippen molar-refractivity contribution in [1.82, 2.24) is 20.0 Å². The lowest BCUT2D eigenvalue weighted by Crippen LogP contribution is -2.34. The van der Waals surface area contributed by atoms with E-state index in [1.165, 1.54) is 0 Å². The molecule has 3 heterocycles. The average Bonchev–Trinajstić information content (AvgIpc) is 3.31. The number of anilines is 1. The summed E-state index contributed by atoms with van der Waals surface area (Å²) in [6.07, 6.45) is 10.3. The third-order valence-corrected chi connectivity index (χ3v) is 5.63. The van der Waals surface area contributed by atoms with Crippen LogP contribution in [0.2, 0.25) is 0 Å². The Bertz CT molecular complexity index is 1000. The number of aromatic nitrogens is 4. The lowest BCUT2D eigenvalue weighted by molar-refractivity contribution is 0.301. The van der Waals surface area contributed by atoms with Gasteiger partial charge >= 0.3 is 0 Å². The number of rotatable bonds is 3. The second-order valence-electron chi connectivity index (χ2n) is 7.30. The first-order valence-electron chi connectivity index (χ1n) is 9.35. The summed E-state index contributed by atoms with van der Waals surface area (Å²) in [7, 11) is 0. The van der Waals surface area contributed by atoms with Gasteiger partial charge in [0, 0.05) is 17.5 Å². The molecule has 0 radical (unpaired) electrons. The quantitative estimate of drug-likeness (QED) is 0.781. The summed E-state index contributed by atoms with van der Waals surface area (Å²) < 4.78 is 7.25. The van der Waals surface area contributed by atoms with Gasteiger partial charge < -0.3 is 9.73 Å². The summed E-state index contributed by atoms with van der Waals surface area (Å²) >= 11 is 0. The van der Waals surface area contributed by atoms with Gasteiger partial charge in [-0.2, -0.15) is 10.2 Å². The van der Waals surface area contributed by atoms with E-state index in [4.69, 9.17) is 4.42 Å². The Morgan fingerprint density at radius 1 is 1.19 bits per heavy atom. The molecule has 0 saturated heterocycles. The van der Waals surface area contributed by atoms with E-state index >= 15 is 0 Å². The van der Waals surface area contributed by atoms with Crippen LogP contribution in [0, 0.1) is 0 Å². The zero-order valence-electron chi connectivity index (χ0n) is 14.5. The van der Waals surface area contributed by atoms with Crippen molar-refractivity contribution in [2.24, 2.45) is 0 Å². The van der Waals surface area contributed by atoms with Crippen molar-refractivity contribution in [1.29, 1.82) is 0 Å². The van der Waals surface area contributed by atoms with Crippen LogP contribution >= 0.6 is 0 Å². The van der Waals surface area contributed by atoms with Crippen LogP contribution in [-0.2, 0) is 12.8 Å². The van der Waals surface area contributed by atoms with Crippen molar-refractivity contribution in [3.8, 4) is 0 Å². The summed E-state index contributed by atoms with van der Waals surface area (Å²) in [5.41, 5.74) is 3.06. The van der Waals surface area contributed by atoms with Crippen molar-refractivity contribution >= 4 is 16.8 Å². The van der Waals surface area contributed by atoms with Crippen molar-refractivity contribution in [3.63, 3.8) is 0 Å². The van der Waals surface area contributed by atoms with E-state index in [9.17, 15) is 4.79 Å². The SMILES string of the molecule is O=c1cc2c(nn1C1CCC(Nc3nncc4ccoc34)CC1)CCC2. The highest BCUT2D eigenvalue weighted by molar-refractivity contribution is 5.85. The molecule has 134 valence electrons. The number of aryl methyl sites for hydroxylation is 2. The van der Waals surface area contributed by atoms with Gasteiger partial charge in [-0.25, -0.2) is 4.68 Å². The monoisotopic (exact) mass is 351 g/mol. The van der Waals surface area contributed by atoms with Gasteiger partial charge in [0.1, 0.15) is 0 Å². The van der Waals surface area contributed by atoms with E-state index in [2.05, 4.69) is 20.6 Å². The van der Waals surface area contributed by atoms with Gasteiger partial charge in [-0.05, 0) is 56.6 Å². The van der Waals surface area contributed by atoms with Gasteiger partial charge in [0.15, 0.2) is 11.4 Å². The molecule has 1 saturated carbocycles. The molecule has 0 unspecified atom stereocenters. The van der Waals surface area contributed by atoms with Crippen LogP contribution in [0.15, 0.2) is 33.8 Å². The van der Waals surface area contributed by atoms with Gasteiger partial charge in [-0.15, -0.1) is 5.10 Å². The van der Waals surface area contributed by atoms with Gasteiger partial charge in [0.25, 0.3) is 5.56 Å². The Balaban J connectivity index is 1.29. The van der Waals surface area contributed by atoms with Gasteiger partial charge in [0.2, 0.25) is 0 Å². The lowest BCUT2D eigenvalue weighted by atomic mass is 9.91. The van der Waals surface area contributed by atoms with E-state index in [-0.39, 0.29) is 11.6 Å². The van der Waals surface area contributed by atoms with Crippen molar-refractivity contribution < 1.29 is 4.42 Å². The number of nitrogens with zero attached hydrogens (tertiary/aromatic N) is 4. The fraction of sp³-hybridized carbons (Fsp3) is 0.474. The minimum atomic E-state index is 0.0493. The number of hydrogen-bond acceptors (Lipinski definition) is 6. The first kappa shape index (κ1) is 15.5. The first-order valence-corrected chi connectivity index (χ1v) is 9.35. The maximum Gasteiger partial charge on any atom is 0.267 e. The van der Waals surface area contributed by atoms with E-state index in [1.54, 1.807) is 23.2 Å². The molecule has 5 rings (SSSR count). The molecule has 2 aliphatic rings. The molecular formula is C19H21N5O2. The van der Waals surface area contributed by atoms with Crippen LogP contribution in [0.5, 0.6) is 0 Å². The van der Waals surface area contributed by atoms with Crippen LogP contribution in [0.25, 0.3) is 11.0 Å². The molecule has 3 aromatic rings. The fourth-order valence-electron chi connectivity index (χ4n) is 4.24. The standard InChI is InChI=1S/C19H21N5O2/c25-17-10-12-2-1-3-16(12)23-24(17)15-6-4-14(5-7-15)21-19-18-13(8-9-26-18)11-20-22-19/h8-11,14-15H,1-7H2,(H,21,22). The van der Waals surface area contributed by atoms with Crippen LogP contribution in [0.4, 0.5) is 5.82 Å². The summed E-state index contributed by atoms with van der Waals surface area (Å²) in [4.78, 5) is 12.4. The molecule has 0 atom stereocenters. The fourth-order valence-corrected chi connectivity index (χ4v) is 4.24. The number of nitrogens with one attached hydrogen (secondary N) is 1. The van der Waals surface area contributed by atoms with Crippen molar-refractivity contribution in [2.75, 3.05) is 5.32 Å². The van der Waals surface area contributed by atoms with Crippen LogP contribution in [0.3, 0.4) is 0 Å². The van der Waals surface area contributed by atoms with Crippen LogP contribution in [0.1, 0.15) is 49.4 Å². The molecule has 3 aromatic heterocycles. The number of hydrogen-bond donors (Lipinski definition) is 1. The molecule has 0 spiro atoms. The topological polar surface area (TPSA) is 85.8 Å². The Morgan fingerprint density at radius 3 is 2.96 bits per heavy atom. The molecule has 1 fully saturated rings. The zero-order valence-corrected chi connectivity index (χ0v) is 14.5. The number of fused-ring (bicyclic) bond motifs is 2. The summed E-state index contributed by atoms with van der Waals surface area (Å²) in [5, 5.41) is 17.3. The van der Waals surface area contributed by atoms with Crippen LogP contribution < -0.4 is 10.9 Å². The maximum atomic E-state index is 12.4. The second-order valence-corrected chi connectivity index (χ2v) is 7.30. The third kappa shape index (κ3) is 2.67. The predicted molar refractivity (Wildman–Crippen MR) is 97.2 cm³/mol. The van der Waals surface area contributed by atoms with Gasteiger partial charge in [-0.1, -0.05) is 0 Å². The highest BCUT2D eigenvalue weighted by Crippen LogP contribution is 2.31. The lowest BCUT2D eigenvalue weighted by Gasteiger charge is -2.29. The largest absolute Gasteiger partial charge is 0.460 e. The Labute approximate surface area is 150 Å². The maximum absolute atomic E-state index is 12.4. The zero-order chi connectivity index (χ0) is 17.5. The van der Waals surface area contributed by atoms with E-state index < -0.39 is 0 Å². The van der Waals surface area contributed by atoms with Crippen LogP contribution in [-0.4, -0.2) is 26.0 Å². The highest BCUT2D eigenvalue weighted by atomic mass is 16.3. The minimum Gasteiger partial charge on any atom is -0.460 e. The molecule has 0 aromatic carbocycles. The molecular weight excluding hydrogens is 330 g/mol. The Morgan fingerprint density at radius 2 is 2.08 bits per heavy atom. The van der Waals surface area contributed by atoms with Gasteiger partial charge in [-0.3, -0.25) is 4.79 Å². The van der Waals surface area contributed by atoms with E-state index in [1.807, 2.05) is 6.07 Å². The highest BCUT2D eigenvalue weighted by Gasteiger charge is 2.26. The molecule has 2 aliphatic carbocycles. The van der Waals surface area contributed by atoms with E-state index in [0.717, 1.165) is 67.2 Å². The third-order valence-electron chi connectivity index (χ3n) is 5.63. The molecule has 0 aliphatic heterocycles. The average molecular weight is 351 g/mol. The Kier molecular flexibility index (Phi) is 3.72. The molecule has 1 N–H and O–H groups in total. The minimum absolute atomic E-state index is 0.0493. The van der Waals surface area contributed by atoms with Gasteiger partial charge in [0.05, 0.1) is 24.2 Å².